The zero-order valence-electron chi connectivity index (χ0n) is 12.1. The summed E-state index contributed by atoms with van der Waals surface area (Å²) in [7, 11) is -0.537. The van der Waals surface area contributed by atoms with Crippen LogP contribution in [-0.2, 0) is 16.2 Å². The Labute approximate surface area is 123 Å². The third-order valence-electron chi connectivity index (χ3n) is 3.10. The van der Waals surface area contributed by atoms with Gasteiger partial charge < -0.3 is 5.32 Å². The Morgan fingerprint density at radius 1 is 1.24 bits per heavy atom. The van der Waals surface area contributed by atoms with Gasteiger partial charge in [0.2, 0.25) is 10.0 Å². The number of nitrogens with one attached hydrogen (secondary N) is 1. The molecule has 0 bridgehead atoms. The van der Waals surface area contributed by atoms with Crippen LogP contribution >= 0.6 is 0 Å². The van der Waals surface area contributed by atoms with E-state index in [2.05, 4.69) is 5.32 Å². The largest absolute Gasteiger partial charge is 0.416 e. The molecule has 1 N–H and O–H groups in total. The van der Waals surface area contributed by atoms with E-state index in [0.717, 1.165) is 10.4 Å². The van der Waals surface area contributed by atoms with E-state index < -0.39 is 27.8 Å². The summed E-state index contributed by atoms with van der Waals surface area (Å²) in [5.41, 5.74) is -0.604. The summed E-state index contributed by atoms with van der Waals surface area (Å²) in [5, 5.41) is 2.82. The van der Waals surface area contributed by atoms with Gasteiger partial charge in [0.05, 0.1) is 11.3 Å². The van der Waals surface area contributed by atoms with Crippen LogP contribution in [-0.4, -0.2) is 39.1 Å². The Balaban J connectivity index is 2.76. The van der Waals surface area contributed by atoms with Crippen LogP contribution in [0.3, 0.4) is 0 Å². The zero-order valence-corrected chi connectivity index (χ0v) is 12.9. The maximum atomic E-state index is 12.9. The first-order valence-corrected chi connectivity index (χ1v) is 7.96. The molecule has 0 aromatic heterocycles. The summed E-state index contributed by atoms with van der Waals surface area (Å²) in [4.78, 5) is 0. The number of nitrogens with zero attached hydrogens (tertiary/aromatic N) is 1. The SMILES string of the molecule is CC(NCCS(=O)(=O)N(C)C)c1ccccc1C(F)(F)F. The van der Waals surface area contributed by atoms with Crippen LogP contribution in [0.4, 0.5) is 13.2 Å². The molecule has 8 heteroatoms. The average Bonchev–Trinajstić information content (AvgIpc) is 2.37. The normalized spacial score (nSPS) is 14.4. The third kappa shape index (κ3) is 4.98. The molecule has 0 aliphatic carbocycles. The molecule has 0 spiro atoms. The molecule has 0 saturated carbocycles. The van der Waals surface area contributed by atoms with Crippen molar-refractivity contribution in [2.45, 2.75) is 19.1 Å². The molecule has 1 rings (SSSR count). The molecule has 1 aromatic carbocycles. The maximum absolute atomic E-state index is 12.9. The first kappa shape index (κ1) is 17.9. The van der Waals surface area contributed by atoms with Gasteiger partial charge in [-0.15, -0.1) is 0 Å². The fourth-order valence-electron chi connectivity index (χ4n) is 1.83. The molecule has 0 heterocycles. The average molecular weight is 324 g/mol. The molecule has 4 nitrogen and oxygen atoms in total. The Bertz CT molecular complexity index is 571. The minimum Gasteiger partial charge on any atom is -0.309 e. The molecule has 0 fully saturated rings. The fraction of sp³-hybridized carbons (Fsp3) is 0.538. The van der Waals surface area contributed by atoms with Gasteiger partial charge >= 0.3 is 6.18 Å². The monoisotopic (exact) mass is 324 g/mol. The lowest BCUT2D eigenvalue weighted by Crippen LogP contribution is -2.32. The van der Waals surface area contributed by atoms with E-state index in [1.54, 1.807) is 6.92 Å². The minimum atomic E-state index is -4.43. The summed E-state index contributed by atoms with van der Waals surface area (Å²) >= 11 is 0. The smallest absolute Gasteiger partial charge is 0.309 e. The number of hydrogen-bond donors (Lipinski definition) is 1. The van der Waals surface area contributed by atoms with E-state index in [-0.39, 0.29) is 17.9 Å². The molecule has 1 aromatic rings. The van der Waals surface area contributed by atoms with Crippen molar-refractivity contribution in [3.8, 4) is 0 Å². The van der Waals surface area contributed by atoms with E-state index >= 15 is 0 Å². The highest BCUT2D eigenvalue weighted by atomic mass is 32.2. The van der Waals surface area contributed by atoms with Gasteiger partial charge in [-0.3, -0.25) is 0 Å². The van der Waals surface area contributed by atoms with Gasteiger partial charge in [-0.2, -0.15) is 13.2 Å². The zero-order chi connectivity index (χ0) is 16.3. The minimum absolute atomic E-state index is 0.0773. The van der Waals surface area contributed by atoms with Crippen LogP contribution in [0.1, 0.15) is 24.1 Å². The molecule has 21 heavy (non-hydrogen) atoms. The maximum Gasteiger partial charge on any atom is 0.416 e. The van der Waals surface area contributed by atoms with Gasteiger partial charge in [0.15, 0.2) is 0 Å². The molecular weight excluding hydrogens is 305 g/mol. The predicted molar refractivity (Wildman–Crippen MR) is 75.3 cm³/mol. The molecule has 0 radical (unpaired) electrons. The molecule has 1 unspecified atom stereocenters. The first-order chi connectivity index (χ1) is 9.55. The van der Waals surface area contributed by atoms with Crippen molar-refractivity contribution in [2.75, 3.05) is 26.4 Å². The van der Waals surface area contributed by atoms with Crippen LogP contribution < -0.4 is 5.32 Å². The highest BCUT2D eigenvalue weighted by molar-refractivity contribution is 7.89. The summed E-state index contributed by atoms with van der Waals surface area (Å²) in [6, 6.07) is 4.67. The van der Waals surface area contributed by atoms with Crippen molar-refractivity contribution < 1.29 is 21.6 Å². The van der Waals surface area contributed by atoms with Crippen molar-refractivity contribution in [2.24, 2.45) is 0 Å². The molecule has 120 valence electrons. The molecule has 0 amide bonds. The first-order valence-electron chi connectivity index (χ1n) is 6.35. The van der Waals surface area contributed by atoms with Gasteiger partial charge in [0, 0.05) is 26.7 Å². The van der Waals surface area contributed by atoms with Crippen molar-refractivity contribution in [3.05, 3.63) is 35.4 Å². The number of rotatable bonds is 6. The lowest BCUT2D eigenvalue weighted by atomic mass is 10.0. The van der Waals surface area contributed by atoms with Gasteiger partial charge in [0.25, 0.3) is 0 Å². The van der Waals surface area contributed by atoms with Gasteiger partial charge in [0.1, 0.15) is 0 Å². The van der Waals surface area contributed by atoms with Crippen molar-refractivity contribution in [1.82, 2.24) is 9.62 Å². The van der Waals surface area contributed by atoms with E-state index in [1.807, 2.05) is 0 Å². The number of halogens is 3. The number of benzene rings is 1. The van der Waals surface area contributed by atoms with Crippen LogP contribution in [0, 0.1) is 0 Å². The lowest BCUT2D eigenvalue weighted by Gasteiger charge is -2.20. The Hall–Kier alpha value is -1.12. The standard InChI is InChI=1S/C13H19F3N2O2S/c1-10(17-8-9-21(19,20)18(2)3)11-6-4-5-7-12(11)13(14,15)16/h4-7,10,17H,8-9H2,1-3H3. The Morgan fingerprint density at radius 3 is 2.33 bits per heavy atom. The summed E-state index contributed by atoms with van der Waals surface area (Å²) < 4.78 is 62.9. The summed E-state index contributed by atoms with van der Waals surface area (Å²) in [6.45, 7) is 1.65. The molecular formula is C13H19F3N2O2S. The quantitative estimate of drug-likeness (QED) is 0.873. The van der Waals surface area contributed by atoms with Crippen LogP contribution in [0.5, 0.6) is 0 Å². The number of sulfonamides is 1. The highest BCUT2D eigenvalue weighted by Gasteiger charge is 2.34. The van der Waals surface area contributed by atoms with Gasteiger partial charge in [-0.25, -0.2) is 12.7 Å². The second-order valence-corrected chi connectivity index (χ2v) is 7.16. The molecule has 0 aliphatic heterocycles. The molecule has 0 aliphatic rings. The molecule has 1 atom stereocenters. The Morgan fingerprint density at radius 2 is 1.81 bits per heavy atom. The molecule has 0 saturated heterocycles. The van der Waals surface area contributed by atoms with Gasteiger partial charge in [-0.1, -0.05) is 18.2 Å². The van der Waals surface area contributed by atoms with E-state index in [0.29, 0.717) is 0 Å². The van der Waals surface area contributed by atoms with Gasteiger partial charge in [-0.05, 0) is 18.6 Å². The predicted octanol–water partition coefficient (Wildman–Crippen LogP) is 2.25. The van der Waals surface area contributed by atoms with Crippen LogP contribution in [0.15, 0.2) is 24.3 Å². The van der Waals surface area contributed by atoms with Crippen molar-refractivity contribution in [1.29, 1.82) is 0 Å². The number of hydrogen-bond acceptors (Lipinski definition) is 3. The second-order valence-electron chi connectivity index (χ2n) is 4.86. The second kappa shape index (κ2) is 6.76. The fourth-order valence-corrected chi connectivity index (χ4v) is 2.57. The topological polar surface area (TPSA) is 49.4 Å². The van der Waals surface area contributed by atoms with Crippen molar-refractivity contribution >= 4 is 10.0 Å². The Kier molecular flexibility index (Phi) is 5.77. The van der Waals surface area contributed by atoms with Crippen LogP contribution in [0.25, 0.3) is 0 Å². The lowest BCUT2D eigenvalue weighted by molar-refractivity contribution is -0.138. The van der Waals surface area contributed by atoms with Crippen LogP contribution in [0.2, 0.25) is 0 Å². The summed E-state index contributed by atoms with van der Waals surface area (Å²) in [6.07, 6.45) is -4.43. The van der Waals surface area contributed by atoms with E-state index in [4.69, 9.17) is 0 Å². The van der Waals surface area contributed by atoms with E-state index in [9.17, 15) is 21.6 Å². The summed E-state index contributed by atoms with van der Waals surface area (Å²) in [5.74, 6) is -0.168. The highest BCUT2D eigenvalue weighted by Crippen LogP contribution is 2.34. The third-order valence-corrected chi connectivity index (χ3v) is 4.93. The number of alkyl halides is 3. The van der Waals surface area contributed by atoms with E-state index in [1.165, 1.54) is 32.3 Å². The van der Waals surface area contributed by atoms with Crippen molar-refractivity contribution in [3.63, 3.8) is 0 Å².